The maximum atomic E-state index is 12.2. The molecule has 2 N–H and O–H groups in total. The zero-order valence-electron chi connectivity index (χ0n) is 10.1. The van der Waals surface area contributed by atoms with E-state index in [1.54, 1.807) is 6.07 Å². The smallest absolute Gasteiger partial charge is 0.404 e. The molecule has 0 atom stereocenters. The number of ether oxygens (including phenoxy) is 2. The highest BCUT2D eigenvalue weighted by Crippen LogP contribution is 2.29. The van der Waals surface area contributed by atoms with Crippen LogP contribution in [0.5, 0.6) is 5.75 Å². The third-order valence-corrected chi connectivity index (χ3v) is 2.20. The van der Waals surface area contributed by atoms with E-state index in [1.807, 2.05) is 0 Å². The fraction of sp³-hybridized carbons (Fsp3) is 0.364. The van der Waals surface area contributed by atoms with E-state index < -0.39 is 6.36 Å². The first-order chi connectivity index (χ1) is 8.92. The summed E-state index contributed by atoms with van der Waals surface area (Å²) in [5.41, 5.74) is 0.134. The fourth-order valence-electron chi connectivity index (χ4n) is 1.22. The van der Waals surface area contributed by atoms with Crippen molar-refractivity contribution in [2.24, 2.45) is 0 Å². The SMILES string of the molecule is COCCNC(=S)Nc1ccccc1OC(F)(F)F. The van der Waals surface area contributed by atoms with Crippen molar-refractivity contribution < 1.29 is 22.6 Å². The summed E-state index contributed by atoms with van der Waals surface area (Å²) in [5, 5.41) is 5.60. The quantitative estimate of drug-likeness (QED) is 0.645. The predicted octanol–water partition coefficient (Wildman–Crippen LogP) is 2.52. The molecule has 0 aliphatic heterocycles. The zero-order chi connectivity index (χ0) is 14.3. The van der Waals surface area contributed by atoms with Gasteiger partial charge in [0.15, 0.2) is 10.9 Å². The molecule has 0 spiro atoms. The lowest BCUT2D eigenvalue weighted by atomic mass is 10.3. The molecule has 19 heavy (non-hydrogen) atoms. The number of hydrogen-bond donors (Lipinski definition) is 2. The summed E-state index contributed by atoms with van der Waals surface area (Å²) in [7, 11) is 1.53. The number of para-hydroxylation sites is 2. The number of rotatable bonds is 5. The molecule has 0 heterocycles. The van der Waals surface area contributed by atoms with Crippen molar-refractivity contribution in [3.63, 3.8) is 0 Å². The lowest BCUT2D eigenvalue weighted by Gasteiger charge is -2.15. The van der Waals surface area contributed by atoms with Gasteiger partial charge in [0, 0.05) is 13.7 Å². The average Bonchev–Trinajstić information content (AvgIpc) is 2.30. The maximum Gasteiger partial charge on any atom is 0.573 e. The molecule has 8 heteroatoms. The van der Waals surface area contributed by atoms with Crippen molar-refractivity contribution in [2.45, 2.75) is 6.36 Å². The van der Waals surface area contributed by atoms with Crippen molar-refractivity contribution >= 4 is 23.0 Å². The Morgan fingerprint density at radius 2 is 2.00 bits per heavy atom. The molecule has 0 fully saturated rings. The standard InChI is InChI=1S/C11H13F3N2O2S/c1-17-7-6-15-10(19)16-8-4-2-3-5-9(8)18-11(12,13)14/h2-5H,6-7H2,1H3,(H2,15,16,19). The number of alkyl halides is 3. The van der Waals surface area contributed by atoms with Gasteiger partial charge in [0.2, 0.25) is 0 Å². The third-order valence-electron chi connectivity index (χ3n) is 1.95. The van der Waals surface area contributed by atoms with E-state index in [2.05, 4.69) is 15.4 Å². The van der Waals surface area contributed by atoms with Crippen molar-refractivity contribution in [3.8, 4) is 5.75 Å². The normalized spacial score (nSPS) is 10.9. The first-order valence-electron chi connectivity index (χ1n) is 5.31. The number of anilines is 1. The summed E-state index contributed by atoms with van der Waals surface area (Å²) in [6, 6.07) is 5.65. The first kappa shape index (κ1) is 15.5. The van der Waals surface area contributed by atoms with Gasteiger partial charge in [0.25, 0.3) is 0 Å². The van der Waals surface area contributed by atoms with Crippen molar-refractivity contribution in [1.29, 1.82) is 0 Å². The first-order valence-corrected chi connectivity index (χ1v) is 5.72. The summed E-state index contributed by atoms with van der Waals surface area (Å²) in [4.78, 5) is 0. The molecular weight excluding hydrogens is 281 g/mol. The van der Waals surface area contributed by atoms with E-state index in [0.717, 1.165) is 0 Å². The van der Waals surface area contributed by atoms with Gasteiger partial charge < -0.3 is 20.1 Å². The Labute approximate surface area is 113 Å². The van der Waals surface area contributed by atoms with Crippen LogP contribution in [0.4, 0.5) is 18.9 Å². The molecule has 1 aromatic rings. The molecule has 0 saturated carbocycles. The van der Waals surface area contributed by atoms with Gasteiger partial charge in [-0.1, -0.05) is 12.1 Å². The van der Waals surface area contributed by atoms with Crippen LogP contribution < -0.4 is 15.4 Å². The Balaban J connectivity index is 2.64. The molecule has 0 aliphatic carbocycles. The summed E-state index contributed by atoms with van der Waals surface area (Å²) in [6.45, 7) is 0.882. The van der Waals surface area contributed by atoms with Crippen molar-refractivity contribution in [1.82, 2.24) is 5.32 Å². The van der Waals surface area contributed by atoms with Crippen LogP contribution >= 0.6 is 12.2 Å². The zero-order valence-corrected chi connectivity index (χ0v) is 10.9. The van der Waals surface area contributed by atoms with Crippen LogP contribution in [0.2, 0.25) is 0 Å². The van der Waals surface area contributed by atoms with E-state index in [1.165, 1.54) is 25.3 Å². The van der Waals surface area contributed by atoms with Crippen LogP contribution in [-0.2, 0) is 4.74 Å². The third kappa shape index (κ3) is 6.25. The number of halogens is 3. The number of methoxy groups -OCH3 is 1. The van der Waals surface area contributed by atoms with E-state index in [9.17, 15) is 13.2 Å². The fourth-order valence-corrected chi connectivity index (χ4v) is 1.43. The van der Waals surface area contributed by atoms with Crippen molar-refractivity contribution in [2.75, 3.05) is 25.6 Å². The van der Waals surface area contributed by atoms with E-state index >= 15 is 0 Å². The van der Waals surface area contributed by atoms with Gasteiger partial charge in [-0.2, -0.15) is 0 Å². The van der Waals surface area contributed by atoms with Crippen molar-refractivity contribution in [3.05, 3.63) is 24.3 Å². The highest BCUT2D eigenvalue weighted by Gasteiger charge is 2.32. The number of thiocarbonyl (C=S) groups is 1. The highest BCUT2D eigenvalue weighted by molar-refractivity contribution is 7.80. The van der Waals surface area contributed by atoms with Crippen LogP contribution in [-0.4, -0.2) is 31.7 Å². The molecule has 4 nitrogen and oxygen atoms in total. The van der Waals surface area contributed by atoms with Gasteiger partial charge >= 0.3 is 6.36 Å². The summed E-state index contributed by atoms with van der Waals surface area (Å²) in [5.74, 6) is -0.342. The minimum atomic E-state index is -4.75. The minimum Gasteiger partial charge on any atom is -0.404 e. The van der Waals surface area contributed by atoms with Gasteiger partial charge in [0.05, 0.1) is 12.3 Å². The Morgan fingerprint density at radius 1 is 1.32 bits per heavy atom. The van der Waals surface area contributed by atoms with Gasteiger partial charge in [-0.3, -0.25) is 0 Å². The molecule has 1 aromatic carbocycles. The van der Waals surface area contributed by atoms with E-state index in [4.69, 9.17) is 17.0 Å². The summed E-state index contributed by atoms with van der Waals surface area (Å²) in [6.07, 6.45) is -4.75. The van der Waals surface area contributed by atoms with E-state index in [0.29, 0.717) is 13.2 Å². The Morgan fingerprint density at radius 3 is 2.63 bits per heavy atom. The summed E-state index contributed by atoms with van der Waals surface area (Å²) >= 11 is 4.94. The Bertz CT molecular complexity index is 427. The van der Waals surface area contributed by atoms with Crippen LogP contribution in [0.25, 0.3) is 0 Å². The lowest BCUT2D eigenvalue weighted by Crippen LogP contribution is -2.31. The Kier molecular flexibility index (Phi) is 5.84. The molecular formula is C11H13F3N2O2S. The Hall–Kier alpha value is -1.54. The van der Waals surface area contributed by atoms with Crippen LogP contribution in [0.15, 0.2) is 24.3 Å². The molecule has 106 valence electrons. The molecule has 1 rings (SSSR count). The minimum absolute atomic E-state index is 0.134. The second-order valence-electron chi connectivity index (χ2n) is 3.42. The predicted molar refractivity (Wildman–Crippen MR) is 69.2 cm³/mol. The second-order valence-corrected chi connectivity index (χ2v) is 3.83. The molecule has 0 aliphatic rings. The highest BCUT2D eigenvalue weighted by atomic mass is 32.1. The molecule has 0 saturated heterocycles. The van der Waals surface area contributed by atoms with Crippen LogP contribution in [0.3, 0.4) is 0 Å². The van der Waals surface area contributed by atoms with Gasteiger partial charge in [-0.15, -0.1) is 13.2 Å². The number of nitrogens with one attached hydrogen (secondary N) is 2. The van der Waals surface area contributed by atoms with Gasteiger partial charge in [0.1, 0.15) is 0 Å². The number of hydrogen-bond acceptors (Lipinski definition) is 3. The largest absolute Gasteiger partial charge is 0.573 e. The van der Waals surface area contributed by atoms with E-state index in [-0.39, 0.29) is 16.5 Å². The van der Waals surface area contributed by atoms with Gasteiger partial charge in [-0.05, 0) is 24.4 Å². The van der Waals surface area contributed by atoms with Gasteiger partial charge in [-0.25, -0.2) is 0 Å². The molecule has 0 amide bonds. The lowest BCUT2D eigenvalue weighted by molar-refractivity contribution is -0.274. The monoisotopic (exact) mass is 294 g/mol. The molecule has 0 unspecified atom stereocenters. The van der Waals surface area contributed by atoms with Crippen LogP contribution in [0, 0.1) is 0 Å². The molecule has 0 radical (unpaired) electrons. The molecule has 0 aromatic heterocycles. The summed E-state index contributed by atoms with van der Waals surface area (Å²) < 4.78 is 45.3. The molecule has 0 bridgehead atoms. The second kappa shape index (κ2) is 7.15. The maximum absolute atomic E-state index is 12.2. The number of benzene rings is 1. The topological polar surface area (TPSA) is 42.5 Å². The average molecular weight is 294 g/mol. The van der Waals surface area contributed by atoms with Crippen LogP contribution in [0.1, 0.15) is 0 Å².